The lowest BCUT2D eigenvalue weighted by molar-refractivity contribution is 0.0312. The van der Waals surface area contributed by atoms with Crippen molar-refractivity contribution >= 4 is 0 Å². The Morgan fingerprint density at radius 2 is 2.27 bits per heavy atom. The standard InChI is InChI=1S/C11H21N3O/c1-3-5-11(15,9-12)6-4-10-7-13-14(2)8-10/h7-8,15H,3-6,9,12H2,1-2H3. The van der Waals surface area contributed by atoms with Crippen LogP contribution < -0.4 is 5.73 Å². The van der Waals surface area contributed by atoms with Gasteiger partial charge in [0.25, 0.3) is 0 Å². The van der Waals surface area contributed by atoms with Crippen LogP contribution in [0.15, 0.2) is 12.4 Å². The Labute approximate surface area is 91.1 Å². The maximum Gasteiger partial charge on any atom is 0.0772 e. The molecule has 1 aromatic heterocycles. The van der Waals surface area contributed by atoms with Gasteiger partial charge in [0.05, 0.1) is 11.8 Å². The second kappa shape index (κ2) is 5.28. The molecule has 1 aromatic rings. The van der Waals surface area contributed by atoms with Crippen molar-refractivity contribution in [1.29, 1.82) is 0 Å². The molecule has 1 heterocycles. The minimum absolute atomic E-state index is 0.334. The number of rotatable bonds is 6. The van der Waals surface area contributed by atoms with Gasteiger partial charge in [0.1, 0.15) is 0 Å². The molecule has 86 valence electrons. The summed E-state index contributed by atoms with van der Waals surface area (Å²) in [6.07, 6.45) is 7.08. The number of aromatic nitrogens is 2. The Bertz CT molecular complexity index is 298. The lowest BCUT2D eigenvalue weighted by Crippen LogP contribution is -2.38. The maximum absolute atomic E-state index is 10.1. The lowest BCUT2D eigenvalue weighted by Gasteiger charge is -2.25. The first kappa shape index (κ1) is 12.2. The van der Waals surface area contributed by atoms with E-state index in [1.807, 2.05) is 19.4 Å². The zero-order valence-electron chi connectivity index (χ0n) is 9.61. The molecule has 0 bridgehead atoms. The van der Waals surface area contributed by atoms with Crippen LogP contribution >= 0.6 is 0 Å². The number of hydrogen-bond acceptors (Lipinski definition) is 3. The predicted molar refractivity (Wildman–Crippen MR) is 60.4 cm³/mol. The molecule has 0 aliphatic rings. The van der Waals surface area contributed by atoms with E-state index in [0.29, 0.717) is 13.0 Å². The van der Waals surface area contributed by atoms with Crippen LogP contribution in [0.3, 0.4) is 0 Å². The summed E-state index contributed by atoms with van der Waals surface area (Å²) in [4.78, 5) is 0. The van der Waals surface area contributed by atoms with Crippen molar-refractivity contribution in [3.05, 3.63) is 18.0 Å². The first-order valence-electron chi connectivity index (χ1n) is 5.49. The van der Waals surface area contributed by atoms with Crippen LogP contribution in [-0.4, -0.2) is 27.0 Å². The van der Waals surface area contributed by atoms with Gasteiger partial charge in [0.2, 0.25) is 0 Å². The van der Waals surface area contributed by atoms with Gasteiger partial charge in [-0.15, -0.1) is 0 Å². The topological polar surface area (TPSA) is 64.1 Å². The molecule has 0 aliphatic heterocycles. The van der Waals surface area contributed by atoms with Crippen LogP contribution in [0.2, 0.25) is 0 Å². The normalized spacial score (nSPS) is 15.2. The maximum atomic E-state index is 10.1. The van der Waals surface area contributed by atoms with Gasteiger partial charge in [0, 0.05) is 19.8 Å². The number of aryl methyl sites for hydroxylation is 2. The van der Waals surface area contributed by atoms with Crippen LogP contribution in [0, 0.1) is 0 Å². The molecule has 4 heteroatoms. The summed E-state index contributed by atoms with van der Waals surface area (Å²) >= 11 is 0. The average Bonchev–Trinajstić information content (AvgIpc) is 2.62. The highest BCUT2D eigenvalue weighted by atomic mass is 16.3. The Balaban J connectivity index is 2.47. The van der Waals surface area contributed by atoms with Crippen LogP contribution in [0.25, 0.3) is 0 Å². The van der Waals surface area contributed by atoms with Crippen molar-refractivity contribution in [1.82, 2.24) is 9.78 Å². The fourth-order valence-corrected chi connectivity index (χ4v) is 1.77. The van der Waals surface area contributed by atoms with Crippen molar-refractivity contribution in [3.63, 3.8) is 0 Å². The van der Waals surface area contributed by atoms with Crippen molar-refractivity contribution in [2.24, 2.45) is 12.8 Å². The van der Waals surface area contributed by atoms with Crippen LogP contribution in [-0.2, 0) is 13.5 Å². The molecule has 15 heavy (non-hydrogen) atoms. The van der Waals surface area contributed by atoms with E-state index in [9.17, 15) is 5.11 Å². The Hall–Kier alpha value is -0.870. The fraction of sp³-hybridized carbons (Fsp3) is 0.727. The highest BCUT2D eigenvalue weighted by Gasteiger charge is 2.23. The van der Waals surface area contributed by atoms with E-state index in [0.717, 1.165) is 24.8 Å². The van der Waals surface area contributed by atoms with Crippen molar-refractivity contribution < 1.29 is 5.11 Å². The Morgan fingerprint density at radius 3 is 2.73 bits per heavy atom. The van der Waals surface area contributed by atoms with Gasteiger partial charge in [-0.25, -0.2) is 0 Å². The third-order valence-electron chi connectivity index (χ3n) is 2.73. The fourth-order valence-electron chi connectivity index (χ4n) is 1.77. The van der Waals surface area contributed by atoms with E-state index in [1.165, 1.54) is 0 Å². The van der Waals surface area contributed by atoms with E-state index >= 15 is 0 Å². The second-order valence-electron chi connectivity index (χ2n) is 4.20. The van der Waals surface area contributed by atoms with Gasteiger partial charge in [-0.2, -0.15) is 5.10 Å². The molecule has 0 saturated heterocycles. The van der Waals surface area contributed by atoms with E-state index in [-0.39, 0.29) is 0 Å². The molecule has 0 saturated carbocycles. The predicted octanol–water partition coefficient (Wildman–Crippen LogP) is 0.843. The van der Waals surface area contributed by atoms with Crippen molar-refractivity contribution in [3.8, 4) is 0 Å². The highest BCUT2D eigenvalue weighted by molar-refractivity contribution is 5.04. The van der Waals surface area contributed by atoms with E-state index < -0.39 is 5.60 Å². The molecule has 0 spiro atoms. The van der Waals surface area contributed by atoms with Crippen LogP contribution in [0.1, 0.15) is 31.7 Å². The summed E-state index contributed by atoms with van der Waals surface area (Å²) < 4.78 is 1.77. The minimum Gasteiger partial charge on any atom is -0.389 e. The Kier molecular flexibility index (Phi) is 4.29. The lowest BCUT2D eigenvalue weighted by atomic mass is 9.91. The molecule has 1 atom stereocenters. The molecule has 3 N–H and O–H groups in total. The van der Waals surface area contributed by atoms with E-state index in [1.54, 1.807) is 4.68 Å². The van der Waals surface area contributed by atoms with Gasteiger partial charge in [-0.3, -0.25) is 4.68 Å². The molecular weight excluding hydrogens is 190 g/mol. The molecule has 1 unspecified atom stereocenters. The second-order valence-corrected chi connectivity index (χ2v) is 4.20. The molecule has 0 fully saturated rings. The van der Waals surface area contributed by atoms with Crippen molar-refractivity contribution in [2.45, 2.75) is 38.2 Å². The van der Waals surface area contributed by atoms with E-state index in [4.69, 9.17) is 5.73 Å². The van der Waals surface area contributed by atoms with Gasteiger partial charge >= 0.3 is 0 Å². The van der Waals surface area contributed by atoms with Gasteiger partial charge < -0.3 is 10.8 Å². The number of nitrogens with two attached hydrogens (primary N) is 1. The molecule has 0 aliphatic carbocycles. The highest BCUT2D eigenvalue weighted by Crippen LogP contribution is 2.18. The molecule has 0 amide bonds. The third kappa shape index (κ3) is 3.64. The molecule has 4 nitrogen and oxygen atoms in total. The Morgan fingerprint density at radius 1 is 1.53 bits per heavy atom. The van der Waals surface area contributed by atoms with Crippen LogP contribution in [0.5, 0.6) is 0 Å². The SMILES string of the molecule is CCCC(O)(CN)CCc1cnn(C)c1. The van der Waals surface area contributed by atoms with E-state index in [2.05, 4.69) is 12.0 Å². The summed E-state index contributed by atoms with van der Waals surface area (Å²) in [5.41, 5.74) is 6.04. The number of hydrogen-bond donors (Lipinski definition) is 2. The zero-order valence-corrected chi connectivity index (χ0v) is 9.61. The monoisotopic (exact) mass is 211 g/mol. The largest absolute Gasteiger partial charge is 0.389 e. The van der Waals surface area contributed by atoms with Gasteiger partial charge in [-0.05, 0) is 24.8 Å². The first-order valence-corrected chi connectivity index (χ1v) is 5.49. The molecule has 0 radical (unpaired) electrons. The smallest absolute Gasteiger partial charge is 0.0772 e. The van der Waals surface area contributed by atoms with Gasteiger partial charge in [-0.1, -0.05) is 13.3 Å². The summed E-state index contributed by atoms with van der Waals surface area (Å²) in [7, 11) is 1.89. The summed E-state index contributed by atoms with van der Waals surface area (Å²) in [6.45, 7) is 2.39. The van der Waals surface area contributed by atoms with Gasteiger partial charge in [0.15, 0.2) is 0 Å². The quantitative estimate of drug-likeness (QED) is 0.733. The number of nitrogens with zero attached hydrogens (tertiary/aromatic N) is 2. The molecular formula is C11H21N3O. The average molecular weight is 211 g/mol. The third-order valence-corrected chi connectivity index (χ3v) is 2.73. The summed E-state index contributed by atoms with van der Waals surface area (Å²) in [5, 5.41) is 14.2. The van der Waals surface area contributed by atoms with Crippen molar-refractivity contribution in [2.75, 3.05) is 6.54 Å². The summed E-state index contributed by atoms with van der Waals surface area (Å²) in [6, 6.07) is 0. The first-order chi connectivity index (χ1) is 7.09. The summed E-state index contributed by atoms with van der Waals surface area (Å²) in [5.74, 6) is 0. The van der Waals surface area contributed by atoms with Crippen LogP contribution in [0.4, 0.5) is 0 Å². The number of aliphatic hydroxyl groups is 1. The molecule has 0 aromatic carbocycles. The minimum atomic E-state index is -0.704. The molecule has 1 rings (SSSR count). The zero-order chi connectivity index (χ0) is 11.3.